The van der Waals surface area contributed by atoms with Crippen LogP contribution in [0.1, 0.15) is 27.7 Å². The summed E-state index contributed by atoms with van der Waals surface area (Å²) in [4.78, 5) is 11.6. The fourth-order valence-corrected chi connectivity index (χ4v) is 2.87. The molecule has 1 aromatic carbocycles. The minimum Gasteiger partial charge on any atom is -0.492 e. The van der Waals surface area contributed by atoms with Crippen molar-refractivity contribution >= 4 is 26.2 Å². The number of ether oxygens (including phenoxy) is 1. The SMILES string of the molecule is CC1(C)OB(c2ccc(OCCNC(=O)O[P+](C)(C)C)cc2)OC1(C)C. The lowest BCUT2D eigenvalue weighted by Crippen LogP contribution is -2.41. The second-order valence-corrected chi connectivity index (χ2v) is 12.2. The van der Waals surface area contributed by atoms with Crippen LogP contribution in [0.15, 0.2) is 24.3 Å². The fraction of sp³-hybridized carbons (Fsp3) is 0.611. The van der Waals surface area contributed by atoms with Gasteiger partial charge >= 0.3 is 13.2 Å². The Balaban J connectivity index is 1.79. The van der Waals surface area contributed by atoms with Crippen molar-refractivity contribution in [2.24, 2.45) is 0 Å². The second-order valence-electron chi connectivity index (χ2n) is 8.20. The number of rotatable bonds is 6. The molecule has 1 fully saturated rings. The zero-order chi connectivity index (χ0) is 19.6. The highest BCUT2D eigenvalue weighted by atomic mass is 31.2. The van der Waals surface area contributed by atoms with Crippen molar-refractivity contribution in [1.82, 2.24) is 5.32 Å². The van der Waals surface area contributed by atoms with Crippen LogP contribution >= 0.6 is 7.49 Å². The Hall–Kier alpha value is -1.30. The first-order valence-electron chi connectivity index (χ1n) is 8.77. The van der Waals surface area contributed by atoms with Crippen LogP contribution in [0, 0.1) is 0 Å². The summed E-state index contributed by atoms with van der Waals surface area (Å²) in [6.45, 7) is 14.7. The average molecular weight is 382 g/mol. The Kier molecular flexibility index (Phi) is 6.26. The molecule has 0 spiro atoms. The number of carbonyl (C=O) groups excluding carboxylic acids is 1. The van der Waals surface area contributed by atoms with E-state index in [-0.39, 0.29) is 18.3 Å². The molecule has 0 atom stereocenters. The molecule has 144 valence electrons. The van der Waals surface area contributed by atoms with E-state index in [0.29, 0.717) is 13.2 Å². The summed E-state index contributed by atoms with van der Waals surface area (Å²) in [6.07, 6.45) is -0.398. The third-order valence-corrected chi connectivity index (χ3v) is 5.12. The Morgan fingerprint density at radius 2 is 1.62 bits per heavy atom. The van der Waals surface area contributed by atoms with Crippen LogP contribution in [0.25, 0.3) is 0 Å². The van der Waals surface area contributed by atoms with E-state index in [9.17, 15) is 4.79 Å². The zero-order valence-electron chi connectivity index (χ0n) is 16.8. The molecular weight excluding hydrogens is 352 g/mol. The number of nitrogens with one attached hydrogen (secondary N) is 1. The molecule has 0 aromatic heterocycles. The highest BCUT2D eigenvalue weighted by Crippen LogP contribution is 2.47. The predicted octanol–water partition coefficient (Wildman–Crippen LogP) is 2.91. The van der Waals surface area contributed by atoms with Crippen LogP contribution in [0.4, 0.5) is 4.79 Å². The van der Waals surface area contributed by atoms with E-state index < -0.39 is 13.6 Å². The number of benzene rings is 1. The van der Waals surface area contributed by atoms with Gasteiger partial charge in [0.15, 0.2) is 7.49 Å². The van der Waals surface area contributed by atoms with Crippen LogP contribution in [0.2, 0.25) is 0 Å². The van der Waals surface area contributed by atoms with Gasteiger partial charge in [0.25, 0.3) is 0 Å². The number of amides is 1. The number of hydrogen-bond acceptors (Lipinski definition) is 5. The molecule has 8 heteroatoms. The summed E-state index contributed by atoms with van der Waals surface area (Å²) in [5, 5.41) is 2.69. The molecule has 26 heavy (non-hydrogen) atoms. The van der Waals surface area contributed by atoms with Gasteiger partial charge in [0, 0.05) is 0 Å². The van der Waals surface area contributed by atoms with Gasteiger partial charge in [0.05, 0.1) is 37.7 Å². The first-order chi connectivity index (χ1) is 11.9. The van der Waals surface area contributed by atoms with Gasteiger partial charge in [-0.1, -0.05) is 12.1 Å². The van der Waals surface area contributed by atoms with E-state index in [2.05, 4.69) is 5.32 Å². The average Bonchev–Trinajstić information content (AvgIpc) is 2.71. The standard InChI is InChI=1S/C18H29BNO5P/c1-17(2)18(3,4)25-19(24-17)14-8-10-15(11-9-14)22-13-12-20-16(21)23-26(5,6)7/h8-11H,12-13H2,1-7H3/p+1. The van der Waals surface area contributed by atoms with Gasteiger partial charge in [-0.15, -0.1) is 0 Å². The number of hydrogen-bond donors (Lipinski definition) is 1. The molecule has 0 aliphatic carbocycles. The van der Waals surface area contributed by atoms with Gasteiger partial charge in [0.2, 0.25) is 0 Å². The molecule has 1 saturated heterocycles. The van der Waals surface area contributed by atoms with Gasteiger partial charge < -0.3 is 19.4 Å². The summed E-state index contributed by atoms with van der Waals surface area (Å²) in [6, 6.07) is 7.62. The Labute approximate surface area is 157 Å². The van der Waals surface area contributed by atoms with Crippen LogP contribution in [0.3, 0.4) is 0 Å². The van der Waals surface area contributed by atoms with Gasteiger partial charge in [-0.25, -0.2) is 4.79 Å². The molecule has 1 aliphatic heterocycles. The molecule has 0 unspecified atom stereocenters. The van der Waals surface area contributed by atoms with Crippen molar-refractivity contribution in [3.8, 4) is 5.75 Å². The molecule has 6 nitrogen and oxygen atoms in total. The van der Waals surface area contributed by atoms with Crippen LogP contribution in [-0.2, 0) is 13.8 Å². The van der Waals surface area contributed by atoms with Crippen molar-refractivity contribution < 1.29 is 23.4 Å². The first kappa shape index (κ1) is 21.0. The van der Waals surface area contributed by atoms with Crippen molar-refractivity contribution in [2.45, 2.75) is 38.9 Å². The lowest BCUT2D eigenvalue weighted by molar-refractivity contribution is 0.00578. The molecular formula is C18H30BNO5P+. The van der Waals surface area contributed by atoms with Crippen LogP contribution < -0.4 is 15.5 Å². The summed E-state index contributed by atoms with van der Waals surface area (Å²) in [5.74, 6) is 0.726. The first-order valence-corrected chi connectivity index (χ1v) is 11.8. The Bertz CT molecular complexity index is 611. The lowest BCUT2D eigenvalue weighted by atomic mass is 9.79. The maximum atomic E-state index is 11.6. The number of carbonyl (C=O) groups is 1. The van der Waals surface area contributed by atoms with E-state index in [1.54, 1.807) is 0 Å². The van der Waals surface area contributed by atoms with Crippen LogP contribution in [0.5, 0.6) is 5.75 Å². The Morgan fingerprint density at radius 3 is 2.12 bits per heavy atom. The second kappa shape index (κ2) is 7.75. The minimum atomic E-state index is -1.59. The summed E-state index contributed by atoms with van der Waals surface area (Å²) in [5.41, 5.74) is 0.233. The largest absolute Gasteiger partial charge is 0.494 e. The molecule has 2 rings (SSSR count). The van der Waals surface area contributed by atoms with Crippen molar-refractivity contribution in [2.75, 3.05) is 33.1 Å². The van der Waals surface area contributed by atoms with Crippen molar-refractivity contribution in [3.05, 3.63) is 24.3 Å². The van der Waals surface area contributed by atoms with E-state index in [1.807, 2.05) is 72.0 Å². The molecule has 0 saturated carbocycles. The molecule has 1 aliphatic rings. The maximum Gasteiger partial charge on any atom is 0.494 e. The van der Waals surface area contributed by atoms with Crippen molar-refractivity contribution in [3.63, 3.8) is 0 Å². The third-order valence-electron chi connectivity index (χ3n) is 4.40. The zero-order valence-corrected chi connectivity index (χ0v) is 17.7. The highest BCUT2D eigenvalue weighted by molar-refractivity contribution is 7.69. The predicted molar refractivity (Wildman–Crippen MR) is 107 cm³/mol. The molecule has 1 N–H and O–H groups in total. The normalized spacial score (nSPS) is 18.5. The van der Waals surface area contributed by atoms with E-state index in [4.69, 9.17) is 18.6 Å². The van der Waals surface area contributed by atoms with Gasteiger partial charge in [0.1, 0.15) is 12.4 Å². The molecule has 1 amide bonds. The fourth-order valence-electron chi connectivity index (χ4n) is 2.30. The molecule has 0 radical (unpaired) electrons. The van der Waals surface area contributed by atoms with Gasteiger partial charge in [-0.3, -0.25) is 4.52 Å². The topological polar surface area (TPSA) is 66.0 Å². The lowest BCUT2D eigenvalue weighted by Gasteiger charge is -2.32. The summed E-state index contributed by atoms with van der Waals surface area (Å²) in [7, 11) is -1.97. The molecule has 1 aromatic rings. The van der Waals surface area contributed by atoms with Crippen LogP contribution in [-0.4, -0.2) is 57.6 Å². The van der Waals surface area contributed by atoms with E-state index in [0.717, 1.165) is 11.2 Å². The summed E-state index contributed by atoms with van der Waals surface area (Å²) >= 11 is 0. The Morgan fingerprint density at radius 1 is 1.08 bits per heavy atom. The van der Waals surface area contributed by atoms with E-state index in [1.165, 1.54) is 0 Å². The van der Waals surface area contributed by atoms with E-state index >= 15 is 0 Å². The quantitative estimate of drug-likeness (QED) is 0.466. The minimum absolute atomic E-state index is 0.359. The smallest absolute Gasteiger partial charge is 0.492 e. The monoisotopic (exact) mass is 382 g/mol. The molecule has 1 heterocycles. The maximum absolute atomic E-state index is 11.6. The van der Waals surface area contributed by atoms with Gasteiger partial charge in [-0.05, 0) is 45.3 Å². The molecule has 0 bridgehead atoms. The summed E-state index contributed by atoms with van der Waals surface area (Å²) < 4.78 is 23.0. The van der Waals surface area contributed by atoms with Gasteiger partial charge in [-0.2, -0.15) is 0 Å². The highest BCUT2D eigenvalue weighted by Gasteiger charge is 2.51. The van der Waals surface area contributed by atoms with Crippen molar-refractivity contribution in [1.29, 1.82) is 0 Å². The third kappa shape index (κ3) is 5.60.